The lowest BCUT2D eigenvalue weighted by atomic mass is 9.92. The van der Waals surface area contributed by atoms with E-state index in [1.165, 1.54) is 29.5 Å². The van der Waals surface area contributed by atoms with Gasteiger partial charge in [-0.15, -0.1) is 0 Å². The van der Waals surface area contributed by atoms with Crippen molar-refractivity contribution in [1.82, 2.24) is 19.7 Å². The first kappa shape index (κ1) is 29.7. The molecule has 2 N–H and O–H groups in total. The molecule has 3 aromatic carbocycles. The van der Waals surface area contributed by atoms with Gasteiger partial charge in [-0.05, 0) is 54.1 Å². The number of benzene rings is 3. The highest BCUT2D eigenvalue weighted by Crippen LogP contribution is 2.29. The average molecular weight is 613 g/mol. The van der Waals surface area contributed by atoms with Crippen molar-refractivity contribution in [3.05, 3.63) is 112 Å². The molecule has 4 aromatic rings. The number of aliphatic hydroxyl groups is 1. The maximum absolute atomic E-state index is 14.8. The van der Waals surface area contributed by atoms with Crippen LogP contribution in [0.2, 0.25) is 10.0 Å². The fraction of sp³-hybridized carbons (Fsp3) is 0.233. The van der Waals surface area contributed by atoms with Crippen LogP contribution in [0.3, 0.4) is 0 Å². The quantitative estimate of drug-likeness (QED) is 0.252. The molecular weight excluding hydrogens is 585 g/mol. The van der Waals surface area contributed by atoms with E-state index < -0.39 is 17.2 Å². The molecule has 0 bridgehead atoms. The second-order valence-corrected chi connectivity index (χ2v) is 10.9. The second-order valence-electron chi connectivity index (χ2n) is 10.1. The van der Waals surface area contributed by atoms with E-state index in [0.29, 0.717) is 41.9 Å². The number of nitrogens with zero attached hydrogens (tertiary/aromatic N) is 5. The van der Waals surface area contributed by atoms with E-state index in [2.05, 4.69) is 20.3 Å². The molecule has 8 nitrogen and oxygen atoms in total. The number of carbonyl (C=O) groups is 1. The van der Waals surface area contributed by atoms with E-state index in [1.54, 1.807) is 24.3 Å². The third-order valence-corrected chi connectivity index (χ3v) is 7.79. The van der Waals surface area contributed by atoms with Crippen LogP contribution < -0.4 is 10.2 Å². The summed E-state index contributed by atoms with van der Waals surface area (Å²) in [6.07, 6.45) is 5.87. The first-order valence-corrected chi connectivity index (χ1v) is 14.0. The Morgan fingerprint density at radius 1 is 0.976 bits per heavy atom. The fourth-order valence-electron chi connectivity index (χ4n) is 4.93. The van der Waals surface area contributed by atoms with Crippen LogP contribution in [-0.4, -0.2) is 63.4 Å². The molecule has 0 saturated carbocycles. The molecule has 1 aliphatic heterocycles. The van der Waals surface area contributed by atoms with Crippen LogP contribution >= 0.6 is 23.2 Å². The molecule has 1 atom stereocenters. The van der Waals surface area contributed by atoms with Crippen molar-refractivity contribution in [2.24, 2.45) is 0 Å². The Morgan fingerprint density at radius 2 is 1.74 bits per heavy atom. The number of hydrogen-bond acceptors (Lipinski definition) is 6. The summed E-state index contributed by atoms with van der Waals surface area (Å²) < 4.78 is 29.8. The Bertz CT molecular complexity index is 1560. The zero-order valence-electron chi connectivity index (χ0n) is 22.4. The third-order valence-electron chi connectivity index (χ3n) is 7.05. The minimum absolute atomic E-state index is 0.00581. The van der Waals surface area contributed by atoms with Crippen LogP contribution in [0, 0.1) is 11.6 Å². The largest absolute Gasteiger partial charge is 0.382 e. The normalized spacial score (nSPS) is 15.6. The topological polar surface area (TPSA) is 86.5 Å². The lowest BCUT2D eigenvalue weighted by Crippen LogP contribution is -2.52. The molecular formula is C30H28Cl2F2N6O2. The molecule has 12 heteroatoms. The Hall–Kier alpha value is -3.83. The van der Waals surface area contributed by atoms with Crippen molar-refractivity contribution in [1.29, 1.82) is 0 Å². The van der Waals surface area contributed by atoms with Crippen LogP contribution in [0.25, 0.3) is 6.08 Å². The molecule has 1 amide bonds. The van der Waals surface area contributed by atoms with Crippen molar-refractivity contribution < 1.29 is 18.7 Å². The number of β-amino-alcohol motifs (C(OH)–C–C–N with tert-alkyl or cyclic N) is 1. The summed E-state index contributed by atoms with van der Waals surface area (Å²) in [5.41, 5.74) is 0.754. The Labute approximate surface area is 251 Å². The standard InChI is InChI=1S/C30H28Cl2F2N6O2/c31-26-9-1-21(15-27(26)32)2-10-29(41)37-23-4-6-24(7-5-23)39-13-11-38(12-14-39)17-30(42,18-40-20-35-19-36-40)25-8-3-22(33)16-28(25)34/h1-10,15-16,19-20,42H,11-14,17-18H2,(H,37,41)/b10-2+. The SMILES string of the molecule is O=C(/C=C/c1ccc(Cl)c(Cl)c1)Nc1ccc(N2CCN(CC(O)(Cn3cncn3)c3ccc(F)cc3F)CC2)cc1. The van der Waals surface area contributed by atoms with E-state index in [0.717, 1.165) is 23.4 Å². The fourth-order valence-corrected chi connectivity index (χ4v) is 5.24. The van der Waals surface area contributed by atoms with Crippen molar-refractivity contribution in [2.75, 3.05) is 42.9 Å². The van der Waals surface area contributed by atoms with Gasteiger partial charge in [0, 0.05) is 61.8 Å². The minimum Gasteiger partial charge on any atom is -0.382 e. The summed E-state index contributed by atoms with van der Waals surface area (Å²) in [6, 6.07) is 15.9. The highest BCUT2D eigenvalue weighted by Gasteiger charge is 2.36. The minimum atomic E-state index is -1.65. The van der Waals surface area contributed by atoms with Gasteiger partial charge in [-0.25, -0.2) is 18.4 Å². The summed E-state index contributed by atoms with van der Waals surface area (Å²) in [6.45, 7) is 2.66. The number of carbonyl (C=O) groups excluding carboxylic acids is 1. The van der Waals surface area contributed by atoms with Crippen molar-refractivity contribution in [3.63, 3.8) is 0 Å². The monoisotopic (exact) mass is 612 g/mol. The van der Waals surface area contributed by atoms with Crippen molar-refractivity contribution in [2.45, 2.75) is 12.1 Å². The molecule has 0 aliphatic carbocycles. The molecule has 1 unspecified atom stereocenters. The molecule has 218 valence electrons. The van der Waals surface area contributed by atoms with Gasteiger partial charge in [0.2, 0.25) is 5.91 Å². The van der Waals surface area contributed by atoms with Gasteiger partial charge in [0.15, 0.2) is 0 Å². The average Bonchev–Trinajstić information content (AvgIpc) is 3.47. The van der Waals surface area contributed by atoms with Gasteiger partial charge in [0.05, 0.1) is 16.6 Å². The molecule has 1 fully saturated rings. The molecule has 0 spiro atoms. The van der Waals surface area contributed by atoms with Gasteiger partial charge in [-0.2, -0.15) is 5.10 Å². The molecule has 1 aliphatic rings. The van der Waals surface area contributed by atoms with Gasteiger partial charge in [0.25, 0.3) is 0 Å². The van der Waals surface area contributed by atoms with E-state index >= 15 is 0 Å². The molecule has 1 saturated heterocycles. The lowest BCUT2D eigenvalue weighted by molar-refractivity contribution is -0.111. The first-order valence-electron chi connectivity index (χ1n) is 13.2. The van der Waals surface area contributed by atoms with Crippen LogP contribution in [0.15, 0.2) is 79.4 Å². The Morgan fingerprint density at radius 3 is 2.40 bits per heavy atom. The molecule has 5 rings (SSSR count). The number of hydrogen-bond donors (Lipinski definition) is 2. The smallest absolute Gasteiger partial charge is 0.248 e. The predicted molar refractivity (Wildman–Crippen MR) is 159 cm³/mol. The maximum atomic E-state index is 14.8. The Balaban J connectivity index is 1.18. The summed E-state index contributed by atoms with van der Waals surface area (Å²) in [7, 11) is 0. The number of anilines is 2. The summed E-state index contributed by atoms with van der Waals surface area (Å²) in [5, 5.41) is 19.4. The summed E-state index contributed by atoms with van der Waals surface area (Å²) >= 11 is 12.0. The van der Waals surface area contributed by atoms with Gasteiger partial charge in [0.1, 0.15) is 29.9 Å². The van der Waals surface area contributed by atoms with E-state index in [1.807, 2.05) is 29.2 Å². The zero-order chi connectivity index (χ0) is 29.7. The summed E-state index contributed by atoms with van der Waals surface area (Å²) in [4.78, 5) is 20.5. The number of nitrogens with one attached hydrogen (secondary N) is 1. The van der Waals surface area contributed by atoms with Crippen LogP contribution in [-0.2, 0) is 16.9 Å². The maximum Gasteiger partial charge on any atom is 0.248 e. The molecule has 1 aromatic heterocycles. The number of aromatic nitrogens is 3. The van der Waals surface area contributed by atoms with Gasteiger partial charge < -0.3 is 15.3 Å². The second kappa shape index (κ2) is 13.0. The molecule has 0 radical (unpaired) electrons. The number of rotatable bonds is 9. The summed E-state index contributed by atoms with van der Waals surface area (Å²) in [5.74, 6) is -1.80. The zero-order valence-corrected chi connectivity index (χ0v) is 23.9. The number of halogens is 4. The number of piperazine rings is 1. The molecule has 42 heavy (non-hydrogen) atoms. The van der Waals surface area contributed by atoms with Crippen molar-refractivity contribution in [3.8, 4) is 0 Å². The highest BCUT2D eigenvalue weighted by molar-refractivity contribution is 6.42. The molecule has 2 heterocycles. The Kier molecular flexibility index (Phi) is 9.18. The van der Waals surface area contributed by atoms with E-state index in [9.17, 15) is 18.7 Å². The lowest BCUT2D eigenvalue weighted by Gasteiger charge is -2.40. The highest BCUT2D eigenvalue weighted by atomic mass is 35.5. The predicted octanol–water partition coefficient (Wildman–Crippen LogP) is 5.23. The van der Waals surface area contributed by atoms with Crippen molar-refractivity contribution >= 4 is 46.6 Å². The third kappa shape index (κ3) is 7.32. The van der Waals surface area contributed by atoms with Crippen LogP contribution in [0.4, 0.5) is 20.2 Å². The van der Waals surface area contributed by atoms with Crippen LogP contribution in [0.1, 0.15) is 11.1 Å². The van der Waals surface area contributed by atoms with E-state index in [-0.39, 0.29) is 24.6 Å². The van der Waals surface area contributed by atoms with Gasteiger partial charge in [-0.3, -0.25) is 9.69 Å². The van der Waals surface area contributed by atoms with Gasteiger partial charge in [-0.1, -0.05) is 35.3 Å². The first-order chi connectivity index (χ1) is 20.2. The number of amides is 1. The van der Waals surface area contributed by atoms with E-state index in [4.69, 9.17) is 23.2 Å². The van der Waals surface area contributed by atoms with Crippen LogP contribution in [0.5, 0.6) is 0 Å². The van der Waals surface area contributed by atoms with Gasteiger partial charge >= 0.3 is 0 Å².